The van der Waals surface area contributed by atoms with E-state index in [0.29, 0.717) is 13.0 Å². The number of nitrogens with zero attached hydrogens (tertiary/aromatic N) is 1. The molecule has 0 saturated heterocycles. The molecular weight excluding hydrogens is 257 g/mol. The maximum Gasteiger partial charge on any atom is 0.243 e. The number of fused-ring (bicyclic) bond motifs is 1. The van der Waals surface area contributed by atoms with Crippen molar-refractivity contribution in [2.24, 2.45) is 0 Å². The minimum atomic E-state index is -0.607. The lowest BCUT2D eigenvalue weighted by molar-refractivity contribution is -0.118. The van der Waals surface area contributed by atoms with Crippen LogP contribution in [0.2, 0.25) is 0 Å². The average Bonchev–Trinajstić information content (AvgIpc) is 2.47. The fourth-order valence-electron chi connectivity index (χ4n) is 2.33. The topological polar surface area (TPSA) is 54.0 Å². The summed E-state index contributed by atoms with van der Waals surface area (Å²) in [5.41, 5.74) is 2.37. The molecule has 2 aromatic rings. The number of halogens is 1. The van der Waals surface area contributed by atoms with Gasteiger partial charge in [0, 0.05) is 6.54 Å². The van der Waals surface area contributed by atoms with Crippen LogP contribution in [-0.2, 0) is 17.8 Å². The maximum absolute atomic E-state index is 13.0. The Bertz CT molecular complexity index is 645. The van der Waals surface area contributed by atoms with E-state index in [1.165, 1.54) is 23.3 Å². The van der Waals surface area contributed by atoms with Gasteiger partial charge in [0.05, 0.1) is 6.04 Å². The zero-order valence-corrected chi connectivity index (χ0v) is 10.8. The molecule has 1 aliphatic rings. The van der Waals surface area contributed by atoms with Crippen molar-refractivity contribution in [3.05, 3.63) is 59.5 Å². The van der Waals surface area contributed by atoms with Gasteiger partial charge in [-0.3, -0.25) is 4.79 Å². The average molecular weight is 271 g/mol. The molecule has 1 amide bonds. The van der Waals surface area contributed by atoms with Gasteiger partial charge in [0.1, 0.15) is 5.82 Å². The number of hydrogen-bond donors (Lipinski definition) is 2. The van der Waals surface area contributed by atoms with Crippen LogP contribution in [0.1, 0.15) is 11.1 Å². The van der Waals surface area contributed by atoms with Crippen molar-refractivity contribution in [3.8, 4) is 0 Å². The van der Waals surface area contributed by atoms with E-state index >= 15 is 0 Å². The zero-order chi connectivity index (χ0) is 13.9. The molecule has 102 valence electrons. The highest BCUT2D eigenvalue weighted by atomic mass is 19.1. The molecule has 1 atom stereocenters. The summed E-state index contributed by atoms with van der Waals surface area (Å²) in [6.07, 6.45) is 0.622. The second-order valence-electron chi connectivity index (χ2n) is 4.74. The Hall–Kier alpha value is -2.27. The van der Waals surface area contributed by atoms with Crippen LogP contribution in [0, 0.1) is 5.95 Å². The van der Waals surface area contributed by atoms with E-state index in [0.717, 1.165) is 0 Å². The van der Waals surface area contributed by atoms with Crippen LogP contribution in [0.3, 0.4) is 0 Å². The Morgan fingerprint density at radius 1 is 1.20 bits per heavy atom. The molecule has 0 spiro atoms. The summed E-state index contributed by atoms with van der Waals surface area (Å²) in [5.74, 6) is -0.571. The van der Waals surface area contributed by atoms with Crippen LogP contribution >= 0.6 is 0 Å². The fourth-order valence-corrected chi connectivity index (χ4v) is 2.33. The van der Waals surface area contributed by atoms with Gasteiger partial charge in [-0.25, -0.2) is 4.98 Å². The summed E-state index contributed by atoms with van der Waals surface area (Å²) in [7, 11) is 0. The van der Waals surface area contributed by atoms with Crippen molar-refractivity contribution < 1.29 is 9.18 Å². The first-order valence-corrected chi connectivity index (χ1v) is 6.46. The second kappa shape index (κ2) is 5.38. The van der Waals surface area contributed by atoms with E-state index in [-0.39, 0.29) is 17.8 Å². The summed E-state index contributed by atoms with van der Waals surface area (Å²) in [6, 6.07) is 12.0. The molecule has 0 bridgehead atoms. The number of carbonyl (C=O) groups is 1. The molecule has 0 fully saturated rings. The predicted octanol–water partition coefficient (Wildman–Crippen LogP) is 1.87. The van der Waals surface area contributed by atoms with Crippen LogP contribution < -0.4 is 10.6 Å². The highest BCUT2D eigenvalue weighted by Gasteiger charge is 2.24. The van der Waals surface area contributed by atoms with Gasteiger partial charge in [0.15, 0.2) is 0 Å². The standard InChI is InChI=1S/C15H14FN3O/c16-13-6-3-7-14(18-13)19-15(20)12-8-10-4-1-2-5-11(10)9-17-12/h1-7,12,17H,8-9H2,(H,18,19,20). The number of nitrogens with one attached hydrogen (secondary N) is 2. The summed E-state index contributed by atoms with van der Waals surface area (Å²) in [4.78, 5) is 15.8. The van der Waals surface area contributed by atoms with Gasteiger partial charge in [-0.15, -0.1) is 0 Å². The first-order chi connectivity index (χ1) is 9.72. The lowest BCUT2D eigenvalue weighted by atomic mass is 9.95. The Morgan fingerprint density at radius 3 is 2.80 bits per heavy atom. The SMILES string of the molecule is O=C(Nc1cccc(F)n1)C1Cc2ccccc2CN1. The van der Waals surface area contributed by atoms with E-state index in [2.05, 4.69) is 15.6 Å². The first-order valence-electron chi connectivity index (χ1n) is 6.46. The molecule has 2 N–H and O–H groups in total. The van der Waals surface area contributed by atoms with Gasteiger partial charge in [-0.2, -0.15) is 4.39 Å². The summed E-state index contributed by atoms with van der Waals surface area (Å²) in [6.45, 7) is 0.658. The van der Waals surface area contributed by atoms with Crippen LogP contribution in [0.15, 0.2) is 42.5 Å². The van der Waals surface area contributed by atoms with Gasteiger partial charge >= 0.3 is 0 Å². The van der Waals surface area contributed by atoms with Crippen molar-refractivity contribution in [3.63, 3.8) is 0 Å². The largest absolute Gasteiger partial charge is 0.309 e. The quantitative estimate of drug-likeness (QED) is 0.820. The molecule has 1 aromatic carbocycles. The lowest BCUT2D eigenvalue weighted by Crippen LogP contribution is -2.44. The van der Waals surface area contributed by atoms with E-state index < -0.39 is 5.95 Å². The number of carbonyl (C=O) groups excluding carboxylic acids is 1. The number of amides is 1. The molecular formula is C15H14FN3O. The molecule has 1 aliphatic heterocycles. The molecule has 0 aliphatic carbocycles. The maximum atomic E-state index is 13.0. The molecule has 0 saturated carbocycles. The van der Waals surface area contributed by atoms with Crippen LogP contribution in [0.4, 0.5) is 10.2 Å². The Labute approximate surface area is 116 Å². The molecule has 1 unspecified atom stereocenters. The molecule has 4 nitrogen and oxygen atoms in total. The number of pyridine rings is 1. The van der Waals surface area contributed by atoms with Crippen molar-refractivity contribution in [2.75, 3.05) is 5.32 Å². The summed E-state index contributed by atoms with van der Waals surface area (Å²) < 4.78 is 13.0. The molecule has 2 heterocycles. The lowest BCUT2D eigenvalue weighted by Gasteiger charge is -2.25. The summed E-state index contributed by atoms with van der Waals surface area (Å²) >= 11 is 0. The Kier molecular flexibility index (Phi) is 3.43. The predicted molar refractivity (Wildman–Crippen MR) is 73.6 cm³/mol. The van der Waals surface area contributed by atoms with Gasteiger partial charge < -0.3 is 10.6 Å². The van der Waals surface area contributed by atoms with E-state index in [1.54, 1.807) is 6.07 Å². The van der Waals surface area contributed by atoms with Crippen molar-refractivity contribution >= 4 is 11.7 Å². The molecule has 20 heavy (non-hydrogen) atoms. The summed E-state index contributed by atoms with van der Waals surface area (Å²) in [5, 5.41) is 5.81. The highest BCUT2D eigenvalue weighted by Crippen LogP contribution is 2.17. The second-order valence-corrected chi connectivity index (χ2v) is 4.74. The van der Waals surface area contributed by atoms with Gasteiger partial charge in [-0.1, -0.05) is 30.3 Å². The van der Waals surface area contributed by atoms with Gasteiger partial charge in [0.2, 0.25) is 11.9 Å². The van der Waals surface area contributed by atoms with Gasteiger partial charge in [0.25, 0.3) is 0 Å². The highest BCUT2D eigenvalue weighted by molar-refractivity contribution is 5.94. The smallest absolute Gasteiger partial charge is 0.243 e. The van der Waals surface area contributed by atoms with E-state index in [1.807, 2.05) is 24.3 Å². The van der Waals surface area contributed by atoms with Crippen molar-refractivity contribution in [1.29, 1.82) is 0 Å². The third-order valence-corrected chi connectivity index (χ3v) is 3.36. The number of aromatic nitrogens is 1. The molecule has 5 heteroatoms. The van der Waals surface area contributed by atoms with Crippen LogP contribution in [0.25, 0.3) is 0 Å². The zero-order valence-electron chi connectivity index (χ0n) is 10.8. The normalized spacial score (nSPS) is 17.4. The number of rotatable bonds is 2. The minimum absolute atomic E-state index is 0.197. The van der Waals surface area contributed by atoms with Crippen LogP contribution in [0.5, 0.6) is 0 Å². The van der Waals surface area contributed by atoms with Crippen molar-refractivity contribution in [2.45, 2.75) is 19.0 Å². The van der Waals surface area contributed by atoms with Crippen LogP contribution in [-0.4, -0.2) is 16.9 Å². The third-order valence-electron chi connectivity index (χ3n) is 3.36. The number of anilines is 1. The Morgan fingerprint density at radius 2 is 2.00 bits per heavy atom. The molecule has 1 aromatic heterocycles. The molecule has 0 radical (unpaired) electrons. The number of benzene rings is 1. The minimum Gasteiger partial charge on any atom is -0.309 e. The molecule has 3 rings (SSSR count). The van der Waals surface area contributed by atoms with E-state index in [9.17, 15) is 9.18 Å². The fraction of sp³-hybridized carbons (Fsp3) is 0.200. The monoisotopic (exact) mass is 271 g/mol. The van der Waals surface area contributed by atoms with Gasteiger partial charge in [-0.05, 0) is 29.7 Å². The van der Waals surface area contributed by atoms with E-state index in [4.69, 9.17) is 0 Å². The Balaban J connectivity index is 1.70. The first kappa shape index (κ1) is 12.7. The third kappa shape index (κ3) is 2.67. The van der Waals surface area contributed by atoms with Crippen molar-refractivity contribution in [1.82, 2.24) is 10.3 Å². The number of hydrogen-bond acceptors (Lipinski definition) is 3.